The van der Waals surface area contributed by atoms with Gasteiger partial charge < -0.3 is 10.1 Å². The molecule has 1 heterocycles. The Morgan fingerprint density at radius 1 is 1.09 bits per heavy atom. The lowest BCUT2D eigenvalue weighted by atomic mass is 10.1. The van der Waals surface area contributed by atoms with Gasteiger partial charge in [0, 0.05) is 34.6 Å². The normalized spacial score (nSPS) is 10.5. The summed E-state index contributed by atoms with van der Waals surface area (Å²) in [6.45, 7) is 1.56. The molecule has 0 saturated carbocycles. The first kappa shape index (κ1) is 14.1. The number of carbonyl (C=O) groups is 1. The predicted octanol–water partition coefficient (Wildman–Crippen LogP) is 4.19. The summed E-state index contributed by atoms with van der Waals surface area (Å²) in [7, 11) is 1.64. The molecule has 2 aromatic carbocycles. The van der Waals surface area contributed by atoms with Crippen molar-refractivity contribution in [1.29, 1.82) is 0 Å². The van der Waals surface area contributed by atoms with Crippen molar-refractivity contribution < 1.29 is 9.53 Å². The zero-order valence-electron chi connectivity index (χ0n) is 12.5. The summed E-state index contributed by atoms with van der Waals surface area (Å²) >= 11 is 0. The predicted molar refractivity (Wildman–Crippen MR) is 88.0 cm³/mol. The molecule has 0 fully saturated rings. The second-order valence-electron chi connectivity index (χ2n) is 5.00. The molecule has 22 heavy (non-hydrogen) atoms. The number of nitrogens with zero attached hydrogens (tertiary/aromatic N) is 1. The Balaban J connectivity index is 1.94. The first-order valence-corrected chi connectivity index (χ1v) is 6.98. The van der Waals surface area contributed by atoms with E-state index in [9.17, 15) is 4.79 Å². The highest BCUT2D eigenvalue weighted by atomic mass is 16.5. The van der Waals surface area contributed by atoms with Crippen LogP contribution < -0.4 is 10.1 Å². The molecule has 0 radical (unpaired) electrons. The first-order chi connectivity index (χ1) is 10.7. The van der Waals surface area contributed by atoms with Gasteiger partial charge in [-0.05, 0) is 49.4 Å². The number of hydrogen-bond donors (Lipinski definition) is 1. The largest absolute Gasteiger partial charge is 0.497 e. The summed E-state index contributed by atoms with van der Waals surface area (Å²) < 4.78 is 5.22. The van der Waals surface area contributed by atoms with Crippen molar-refractivity contribution in [3.05, 3.63) is 60.3 Å². The van der Waals surface area contributed by atoms with E-state index in [1.54, 1.807) is 20.2 Å². The van der Waals surface area contributed by atoms with Crippen molar-refractivity contribution in [2.24, 2.45) is 0 Å². The van der Waals surface area contributed by atoms with Crippen LogP contribution in [0.1, 0.15) is 17.3 Å². The minimum Gasteiger partial charge on any atom is -0.497 e. The van der Waals surface area contributed by atoms with Gasteiger partial charge in [0.25, 0.3) is 0 Å². The molecule has 3 rings (SSSR count). The third kappa shape index (κ3) is 2.76. The lowest BCUT2D eigenvalue weighted by molar-refractivity contribution is 0.101. The number of ether oxygens (including phenoxy) is 1. The molecule has 1 N–H and O–H groups in total. The van der Waals surface area contributed by atoms with Crippen LogP contribution in [0, 0.1) is 0 Å². The number of methoxy groups -OCH3 is 1. The molecule has 0 spiro atoms. The number of Topliss-reactive ketones (excluding diaryl/α,β-unsaturated/α-hetero) is 1. The van der Waals surface area contributed by atoms with E-state index in [0.29, 0.717) is 5.56 Å². The summed E-state index contributed by atoms with van der Waals surface area (Å²) in [5, 5.41) is 4.37. The quantitative estimate of drug-likeness (QED) is 0.733. The van der Waals surface area contributed by atoms with E-state index in [-0.39, 0.29) is 5.78 Å². The Morgan fingerprint density at radius 3 is 2.55 bits per heavy atom. The Hall–Kier alpha value is -2.88. The molecule has 0 unspecified atom stereocenters. The molecule has 0 amide bonds. The summed E-state index contributed by atoms with van der Waals surface area (Å²) in [6, 6.07) is 15.1. The number of pyridine rings is 1. The average molecular weight is 292 g/mol. The van der Waals surface area contributed by atoms with Gasteiger partial charge >= 0.3 is 0 Å². The van der Waals surface area contributed by atoms with E-state index in [0.717, 1.165) is 28.0 Å². The third-order valence-corrected chi connectivity index (χ3v) is 3.52. The number of nitrogens with one attached hydrogen (secondary N) is 1. The van der Waals surface area contributed by atoms with E-state index < -0.39 is 0 Å². The molecule has 0 bridgehead atoms. The van der Waals surface area contributed by atoms with Crippen LogP contribution >= 0.6 is 0 Å². The van der Waals surface area contributed by atoms with Gasteiger partial charge in [-0.1, -0.05) is 0 Å². The number of hydrogen-bond acceptors (Lipinski definition) is 4. The van der Waals surface area contributed by atoms with E-state index in [2.05, 4.69) is 10.3 Å². The van der Waals surface area contributed by atoms with Crippen LogP contribution in [0.4, 0.5) is 11.4 Å². The smallest absolute Gasteiger partial charge is 0.159 e. The zero-order valence-corrected chi connectivity index (χ0v) is 12.5. The van der Waals surface area contributed by atoms with Crippen molar-refractivity contribution in [1.82, 2.24) is 4.98 Å². The number of fused-ring (bicyclic) bond motifs is 1. The number of ketones is 1. The van der Waals surface area contributed by atoms with E-state index in [4.69, 9.17) is 4.74 Å². The number of rotatable bonds is 4. The van der Waals surface area contributed by atoms with E-state index >= 15 is 0 Å². The van der Waals surface area contributed by atoms with Crippen LogP contribution in [0.15, 0.2) is 54.7 Å². The SMILES string of the molecule is COc1ccc2c(Nc3ccc(C(C)=O)cc3)ccnc2c1. The Kier molecular flexibility index (Phi) is 3.74. The van der Waals surface area contributed by atoms with Crippen LogP contribution in [0.2, 0.25) is 0 Å². The summed E-state index contributed by atoms with van der Waals surface area (Å²) in [4.78, 5) is 15.7. The fourth-order valence-corrected chi connectivity index (χ4v) is 2.31. The molecular weight excluding hydrogens is 276 g/mol. The van der Waals surface area contributed by atoms with E-state index in [1.807, 2.05) is 48.5 Å². The number of benzene rings is 2. The van der Waals surface area contributed by atoms with Crippen LogP contribution in [0.3, 0.4) is 0 Å². The first-order valence-electron chi connectivity index (χ1n) is 6.98. The fraction of sp³-hybridized carbons (Fsp3) is 0.111. The van der Waals surface area contributed by atoms with Crippen molar-refractivity contribution in [3.8, 4) is 5.75 Å². The maximum atomic E-state index is 11.3. The van der Waals surface area contributed by atoms with Gasteiger partial charge in [-0.15, -0.1) is 0 Å². The average Bonchev–Trinajstić information content (AvgIpc) is 2.55. The van der Waals surface area contributed by atoms with Crippen molar-refractivity contribution >= 4 is 28.1 Å². The second-order valence-corrected chi connectivity index (χ2v) is 5.00. The number of carbonyl (C=O) groups excluding carboxylic acids is 1. The molecule has 0 aliphatic heterocycles. The van der Waals surface area contributed by atoms with Gasteiger partial charge in [0.15, 0.2) is 5.78 Å². The Morgan fingerprint density at radius 2 is 1.86 bits per heavy atom. The number of anilines is 2. The van der Waals surface area contributed by atoms with Gasteiger partial charge in [-0.2, -0.15) is 0 Å². The lowest BCUT2D eigenvalue weighted by Crippen LogP contribution is -1.95. The summed E-state index contributed by atoms with van der Waals surface area (Å²) in [5.74, 6) is 0.843. The minimum absolute atomic E-state index is 0.0630. The molecule has 4 nitrogen and oxygen atoms in total. The van der Waals surface area contributed by atoms with Crippen molar-refractivity contribution in [3.63, 3.8) is 0 Å². The van der Waals surface area contributed by atoms with Crippen molar-refractivity contribution in [2.75, 3.05) is 12.4 Å². The van der Waals surface area contributed by atoms with E-state index in [1.165, 1.54) is 0 Å². The second kappa shape index (κ2) is 5.85. The standard InChI is InChI=1S/C18H16N2O2/c1-12(21)13-3-5-14(6-4-13)20-17-9-10-19-18-11-15(22-2)7-8-16(17)18/h3-11H,1-2H3,(H,19,20). The number of aromatic nitrogens is 1. The highest BCUT2D eigenvalue weighted by Crippen LogP contribution is 2.27. The fourth-order valence-electron chi connectivity index (χ4n) is 2.31. The Bertz CT molecular complexity index is 826. The molecule has 0 aliphatic carbocycles. The van der Waals surface area contributed by atoms with Gasteiger partial charge in [0.05, 0.1) is 12.6 Å². The van der Waals surface area contributed by atoms with Crippen molar-refractivity contribution in [2.45, 2.75) is 6.92 Å². The molecule has 0 aliphatic rings. The molecular formula is C18H16N2O2. The zero-order chi connectivity index (χ0) is 15.5. The monoisotopic (exact) mass is 292 g/mol. The van der Waals surface area contributed by atoms with Gasteiger partial charge in [-0.25, -0.2) is 0 Å². The molecule has 3 aromatic rings. The molecule has 1 aromatic heterocycles. The van der Waals surface area contributed by atoms with Gasteiger partial charge in [-0.3, -0.25) is 9.78 Å². The van der Waals surface area contributed by atoms with Crippen LogP contribution in [0.25, 0.3) is 10.9 Å². The molecule has 0 saturated heterocycles. The summed E-state index contributed by atoms with van der Waals surface area (Å²) in [5.41, 5.74) is 3.45. The van der Waals surface area contributed by atoms with Gasteiger partial charge in [0.1, 0.15) is 5.75 Å². The molecule has 110 valence electrons. The highest BCUT2D eigenvalue weighted by Gasteiger charge is 2.05. The Labute approximate surface area is 128 Å². The maximum absolute atomic E-state index is 11.3. The third-order valence-electron chi connectivity index (χ3n) is 3.52. The minimum atomic E-state index is 0.0630. The molecule has 4 heteroatoms. The summed E-state index contributed by atoms with van der Waals surface area (Å²) in [6.07, 6.45) is 1.76. The molecule has 0 atom stereocenters. The van der Waals surface area contributed by atoms with Crippen LogP contribution in [-0.2, 0) is 0 Å². The van der Waals surface area contributed by atoms with Crippen LogP contribution in [-0.4, -0.2) is 17.9 Å². The van der Waals surface area contributed by atoms with Gasteiger partial charge in [0.2, 0.25) is 0 Å². The van der Waals surface area contributed by atoms with Crippen LogP contribution in [0.5, 0.6) is 5.75 Å². The topological polar surface area (TPSA) is 51.2 Å². The lowest BCUT2D eigenvalue weighted by Gasteiger charge is -2.10. The maximum Gasteiger partial charge on any atom is 0.159 e. The highest BCUT2D eigenvalue weighted by molar-refractivity contribution is 5.95.